The Morgan fingerprint density at radius 3 is 2.38 bits per heavy atom. The second kappa shape index (κ2) is 3.26. The van der Waals surface area contributed by atoms with Crippen LogP contribution >= 0.6 is 0 Å². The highest BCUT2D eigenvalue weighted by atomic mass is 16.1. The van der Waals surface area contributed by atoms with Crippen LogP contribution < -0.4 is 11.5 Å². The van der Waals surface area contributed by atoms with Gasteiger partial charge < -0.3 is 11.5 Å². The highest BCUT2D eigenvalue weighted by Gasteiger charge is 2.12. The number of hydrogen-bond acceptors (Lipinski definition) is 2. The SMILES string of the molecule is Cc1cccc(C(=N)N)c1C(N)=O. The van der Waals surface area contributed by atoms with Gasteiger partial charge in [0.25, 0.3) is 0 Å². The lowest BCUT2D eigenvalue weighted by molar-refractivity contribution is 0.0999. The van der Waals surface area contributed by atoms with Crippen LogP contribution in [-0.4, -0.2) is 11.7 Å². The van der Waals surface area contributed by atoms with E-state index in [0.29, 0.717) is 11.1 Å². The summed E-state index contributed by atoms with van der Waals surface area (Å²) in [5, 5.41) is 7.24. The van der Waals surface area contributed by atoms with Crippen molar-refractivity contribution in [3.05, 3.63) is 34.9 Å². The van der Waals surface area contributed by atoms with Crippen molar-refractivity contribution in [3.63, 3.8) is 0 Å². The third-order valence-electron chi connectivity index (χ3n) is 1.81. The van der Waals surface area contributed by atoms with Crippen LogP contribution in [0.1, 0.15) is 21.5 Å². The third-order valence-corrected chi connectivity index (χ3v) is 1.81. The fourth-order valence-electron chi connectivity index (χ4n) is 1.22. The monoisotopic (exact) mass is 177 g/mol. The van der Waals surface area contributed by atoms with Crippen LogP contribution in [0.25, 0.3) is 0 Å². The van der Waals surface area contributed by atoms with E-state index in [0.717, 1.165) is 5.56 Å². The van der Waals surface area contributed by atoms with E-state index < -0.39 is 5.91 Å². The Labute approximate surface area is 76.1 Å². The second-order valence-electron chi connectivity index (χ2n) is 2.78. The molecule has 0 aromatic heterocycles. The first-order valence-corrected chi connectivity index (χ1v) is 3.78. The Hall–Kier alpha value is -1.84. The standard InChI is InChI=1S/C9H11N3O/c1-5-3-2-4-6(8(10)11)7(5)9(12)13/h2-4H,1H3,(H3,10,11)(H2,12,13). The molecule has 0 aliphatic heterocycles. The maximum Gasteiger partial charge on any atom is 0.249 e. The lowest BCUT2D eigenvalue weighted by Gasteiger charge is -2.07. The lowest BCUT2D eigenvalue weighted by Crippen LogP contribution is -2.21. The van der Waals surface area contributed by atoms with Crippen molar-refractivity contribution in [2.24, 2.45) is 11.5 Å². The van der Waals surface area contributed by atoms with Crippen LogP contribution in [0.4, 0.5) is 0 Å². The number of nitrogen functional groups attached to an aromatic ring is 1. The number of primary amides is 1. The molecule has 1 rings (SSSR count). The quantitative estimate of drug-likeness (QED) is 0.450. The molecule has 0 bridgehead atoms. The predicted molar refractivity (Wildman–Crippen MR) is 50.7 cm³/mol. The van der Waals surface area contributed by atoms with E-state index in [1.165, 1.54) is 0 Å². The maximum absolute atomic E-state index is 11.0. The van der Waals surface area contributed by atoms with Crippen molar-refractivity contribution in [2.45, 2.75) is 6.92 Å². The zero-order valence-electron chi connectivity index (χ0n) is 7.29. The normalized spacial score (nSPS) is 9.62. The fraction of sp³-hybridized carbons (Fsp3) is 0.111. The lowest BCUT2D eigenvalue weighted by atomic mass is 10.0. The van der Waals surface area contributed by atoms with E-state index in [4.69, 9.17) is 16.9 Å². The first-order valence-electron chi connectivity index (χ1n) is 3.78. The molecular formula is C9H11N3O. The minimum atomic E-state index is -0.552. The number of amidine groups is 1. The minimum Gasteiger partial charge on any atom is -0.384 e. The minimum absolute atomic E-state index is 0.141. The molecule has 5 N–H and O–H groups in total. The van der Waals surface area contributed by atoms with E-state index in [1.54, 1.807) is 25.1 Å². The molecule has 0 unspecified atom stereocenters. The molecule has 1 aromatic carbocycles. The number of benzene rings is 1. The van der Waals surface area contributed by atoms with Crippen molar-refractivity contribution in [2.75, 3.05) is 0 Å². The summed E-state index contributed by atoms with van der Waals surface area (Å²) >= 11 is 0. The van der Waals surface area contributed by atoms with Gasteiger partial charge in [0, 0.05) is 5.56 Å². The average molecular weight is 177 g/mol. The summed E-state index contributed by atoms with van der Waals surface area (Å²) in [5.74, 6) is -0.694. The van der Waals surface area contributed by atoms with Gasteiger partial charge in [-0.25, -0.2) is 0 Å². The molecule has 0 heterocycles. The molecule has 0 radical (unpaired) electrons. The molecule has 68 valence electrons. The smallest absolute Gasteiger partial charge is 0.249 e. The topological polar surface area (TPSA) is 93.0 Å². The number of carbonyl (C=O) groups excluding carboxylic acids is 1. The van der Waals surface area contributed by atoms with Gasteiger partial charge in [-0.1, -0.05) is 18.2 Å². The Bertz CT molecular complexity index is 371. The van der Waals surface area contributed by atoms with Gasteiger partial charge in [0.05, 0.1) is 5.56 Å². The maximum atomic E-state index is 11.0. The molecule has 0 spiro atoms. The van der Waals surface area contributed by atoms with Crippen LogP contribution in [0.15, 0.2) is 18.2 Å². The van der Waals surface area contributed by atoms with Gasteiger partial charge in [0.15, 0.2) is 0 Å². The van der Waals surface area contributed by atoms with Gasteiger partial charge in [-0.05, 0) is 12.5 Å². The Morgan fingerprint density at radius 2 is 2.00 bits per heavy atom. The van der Waals surface area contributed by atoms with Crippen molar-refractivity contribution in [3.8, 4) is 0 Å². The largest absolute Gasteiger partial charge is 0.384 e. The molecule has 0 aliphatic carbocycles. The number of amides is 1. The molecule has 4 heteroatoms. The summed E-state index contributed by atoms with van der Waals surface area (Å²) in [7, 11) is 0. The van der Waals surface area contributed by atoms with Gasteiger partial charge in [-0.2, -0.15) is 0 Å². The highest BCUT2D eigenvalue weighted by Crippen LogP contribution is 2.12. The fourth-order valence-corrected chi connectivity index (χ4v) is 1.22. The molecule has 0 atom stereocenters. The van der Waals surface area contributed by atoms with Crippen molar-refractivity contribution in [1.29, 1.82) is 5.41 Å². The molecule has 4 nitrogen and oxygen atoms in total. The number of hydrogen-bond donors (Lipinski definition) is 3. The number of nitrogens with two attached hydrogens (primary N) is 2. The number of carbonyl (C=O) groups is 1. The molecular weight excluding hydrogens is 166 g/mol. The highest BCUT2D eigenvalue weighted by molar-refractivity contribution is 6.07. The van der Waals surface area contributed by atoms with Crippen LogP contribution in [0, 0.1) is 12.3 Å². The molecule has 0 saturated carbocycles. The summed E-state index contributed by atoms with van der Waals surface area (Å²) in [6, 6.07) is 5.10. The Morgan fingerprint density at radius 1 is 1.38 bits per heavy atom. The summed E-state index contributed by atoms with van der Waals surface area (Å²) < 4.78 is 0. The van der Waals surface area contributed by atoms with Gasteiger partial charge in [-0.3, -0.25) is 10.2 Å². The second-order valence-corrected chi connectivity index (χ2v) is 2.78. The van der Waals surface area contributed by atoms with E-state index in [-0.39, 0.29) is 5.84 Å². The number of aryl methyl sites for hydroxylation is 1. The third kappa shape index (κ3) is 1.66. The first kappa shape index (κ1) is 9.25. The predicted octanol–water partition coefficient (Wildman–Crippen LogP) is 0.378. The van der Waals surface area contributed by atoms with E-state index >= 15 is 0 Å². The molecule has 1 amide bonds. The summed E-state index contributed by atoms with van der Waals surface area (Å²) in [4.78, 5) is 11.0. The van der Waals surface area contributed by atoms with Gasteiger partial charge >= 0.3 is 0 Å². The van der Waals surface area contributed by atoms with Crippen LogP contribution in [0.2, 0.25) is 0 Å². The summed E-state index contributed by atoms with van der Waals surface area (Å²) in [6.45, 7) is 1.76. The van der Waals surface area contributed by atoms with Gasteiger partial charge in [0.1, 0.15) is 5.84 Å². The van der Waals surface area contributed by atoms with Crippen molar-refractivity contribution >= 4 is 11.7 Å². The molecule has 0 fully saturated rings. The van der Waals surface area contributed by atoms with Crippen LogP contribution in [0.3, 0.4) is 0 Å². The Kier molecular flexibility index (Phi) is 2.32. The van der Waals surface area contributed by atoms with E-state index in [1.807, 2.05) is 0 Å². The average Bonchev–Trinajstić information content (AvgIpc) is 2.02. The zero-order chi connectivity index (χ0) is 10.0. The van der Waals surface area contributed by atoms with Gasteiger partial charge in [0.2, 0.25) is 5.91 Å². The summed E-state index contributed by atoms with van der Waals surface area (Å²) in [6.07, 6.45) is 0. The van der Waals surface area contributed by atoms with Crippen molar-refractivity contribution < 1.29 is 4.79 Å². The zero-order valence-corrected chi connectivity index (χ0v) is 7.29. The number of nitrogens with one attached hydrogen (secondary N) is 1. The number of rotatable bonds is 2. The molecule has 0 aliphatic rings. The molecule has 1 aromatic rings. The Balaban J connectivity index is 3.43. The van der Waals surface area contributed by atoms with Crippen molar-refractivity contribution in [1.82, 2.24) is 0 Å². The van der Waals surface area contributed by atoms with Gasteiger partial charge in [-0.15, -0.1) is 0 Å². The van der Waals surface area contributed by atoms with E-state index in [9.17, 15) is 4.79 Å². The van der Waals surface area contributed by atoms with Crippen LogP contribution in [0.5, 0.6) is 0 Å². The molecule has 0 saturated heterocycles. The van der Waals surface area contributed by atoms with E-state index in [2.05, 4.69) is 0 Å². The molecule has 13 heavy (non-hydrogen) atoms. The first-order chi connectivity index (χ1) is 6.04. The van der Waals surface area contributed by atoms with Crippen LogP contribution in [-0.2, 0) is 0 Å². The summed E-state index contributed by atoms with van der Waals surface area (Å²) in [5.41, 5.74) is 11.9.